The molecule has 4 amide bonds. The minimum atomic E-state index is -1.10. The third-order valence-corrected chi connectivity index (χ3v) is 3.91. The van der Waals surface area contributed by atoms with Gasteiger partial charge in [-0.3, -0.25) is 14.5 Å². The fraction of sp³-hybridized carbons (Fsp3) is 0.812. The third-order valence-electron chi connectivity index (χ3n) is 3.91. The molecular formula is C16H29N3O4. The first kappa shape index (κ1) is 19.4. The van der Waals surface area contributed by atoms with Gasteiger partial charge in [0.05, 0.1) is 6.61 Å². The minimum Gasteiger partial charge on any atom is -0.382 e. The van der Waals surface area contributed by atoms with Crippen molar-refractivity contribution >= 4 is 17.8 Å². The number of nitrogens with one attached hydrogen (secondary N) is 2. The average molecular weight is 327 g/mol. The number of hydrogen-bond donors (Lipinski definition) is 2. The van der Waals surface area contributed by atoms with Gasteiger partial charge in [-0.2, -0.15) is 0 Å². The highest BCUT2D eigenvalue weighted by molar-refractivity contribution is 6.08. The highest BCUT2D eigenvalue weighted by Crippen LogP contribution is 2.17. The number of rotatable bonds is 9. The molecule has 132 valence electrons. The number of nitrogens with zero attached hydrogens (tertiary/aromatic N) is 1. The molecule has 0 saturated carbocycles. The Morgan fingerprint density at radius 2 is 1.96 bits per heavy atom. The standard InChI is InChI=1S/C16H29N3O4/c1-11(2)7-6-8-12(3)17-13(20)9-19-14(21)16(4,10-23-5)18-15(19)22/h11-12H,6-10H2,1-5H3,(H,17,20)(H,18,22)/t12-,16-/m0/s1. The highest BCUT2D eigenvalue weighted by Gasteiger charge is 2.48. The van der Waals surface area contributed by atoms with E-state index in [9.17, 15) is 14.4 Å². The van der Waals surface area contributed by atoms with Crippen molar-refractivity contribution in [2.75, 3.05) is 20.3 Å². The molecule has 1 aliphatic rings. The summed E-state index contributed by atoms with van der Waals surface area (Å²) in [7, 11) is 1.46. The third kappa shape index (κ3) is 5.49. The number of urea groups is 1. The van der Waals surface area contributed by atoms with Gasteiger partial charge in [-0.25, -0.2) is 4.79 Å². The maximum absolute atomic E-state index is 12.3. The quantitative estimate of drug-likeness (QED) is 0.624. The van der Waals surface area contributed by atoms with Crippen molar-refractivity contribution in [1.82, 2.24) is 15.5 Å². The van der Waals surface area contributed by atoms with Gasteiger partial charge in [-0.15, -0.1) is 0 Å². The monoisotopic (exact) mass is 327 g/mol. The summed E-state index contributed by atoms with van der Waals surface area (Å²) in [5.41, 5.74) is -1.10. The Hall–Kier alpha value is -1.63. The molecule has 1 heterocycles. The molecule has 0 bridgehead atoms. The summed E-state index contributed by atoms with van der Waals surface area (Å²) in [5, 5.41) is 5.41. The maximum atomic E-state index is 12.3. The van der Waals surface area contributed by atoms with E-state index in [-0.39, 0.29) is 25.1 Å². The summed E-state index contributed by atoms with van der Waals surface area (Å²) in [6.07, 6.45) is 3.03. The molecule has 0 aromatic rings. The largest absolute Gasteiger partial charge is 0.382 e. The van der Waals surface area contributed by atoms with Crippen LogP contribution in [0.4, 0.5) is 4.79 Å². The molecule has 2 atom stereocenters. The topological polar surface area (TPSA) is 87.7 Å². The maximum Gasteiger partial charge on any atom is 0.325 e. The molecule has 2 N–H and O–H groups in total. The van der Waals surface area contributed by atoms with Crippen LogP contribution in [-0.4, -0.2) is 54.6 Å². The zero-order valence-electron chi connectivity index (χ0n) is 14.8. The Labute approximate surface area is 138 Å². The minimum absolute atomic E-state index is 0.0207. The van der Waals surface area contributed by atoms with Crippen molar-refractivity contribution in [3.8, 4) is 0 Å². The lowest BCUT2D eigenvalue weighted by molar-refractivity contribution is -0.136. The first-order chi connectivity index (χ1) is 10.7. The fourth-order valence-electron chi connectivity index (χ4n) is 2.65. The second-order valence-electron chi connectivity index (χ2n) is 6.88. The lowest BCUT2D eigenvalue weighted by atomic mass is 10.0. The zero-order chi connectivity index (χ0) is 17.6. The summed E-state index contributed by atoms with van der Waals surface area (Å²) >= 11 is 0. The Bertz CT molecular complexity index is 453. The summed E-state index contributed by atoms with van der Waals surface area (Å²) in [6, 6.07) is -0.537. The first-order valence-corrected chi connectivity index (χ1v) is 8.12. The van der Waals surface area contributed by atoms with Gasteiger partial charge in [0.2, 0.25) is 5.91 Å². The molecule has 0 spiro atoms. The van der Waals surface area contributed by atoms with Gasteiger partial charge in [0.25, 0.3) is 5.91 Å². The number of imide groups is 1. The lowest BCUT2D eigenvalue weighted by Gasteiger charge is -2.20. The Kier molecular flexibility index (Phi) is 7.00. The molecular weight excluding hydrogens is 298 g/mol. The molecule has 0 radical (unpaired) electrons. The molecule has 7 heteroatoms. The van der Waals surface area contributed by atoms with Crippen LogP contribution in [0.5, 0.6) is 0 Å². The number of ether oxygens (including phenoxy) is 1. The van der Waals surface area contributed by atoms with E-state index < -0.39 is 17.5 Å². The molecule has 7 nitrogen and oxygen atoms in total. The first-order valence-electron chi connectivity index (χ1n) is 8.12. The Balaban J connectivity index is 2.48. The van der Waals surface area contributed by atoms with Gasteiger partial charge < -0.3 is 15.4 Å². The van der Waals surface area contributed by atoms with Gasteiger partial charge in [-0.1, -0.05) is 26.7 Å². The van der Waals surface area contributed by atoms with Crippen LogP contribution in [0, 0.1) is 5.92 Å². The van der Waals surface area contributed by atoms with Crippen molar-refractivity contribution in [3.05, 3.63) is 0 Å². The molecule has 1 saturated heterocycles. The van der Waals surface area contributed by atoms with Crippen LogP contribution in [0.25, 0.3) is 0 Å². The Morgan fingerprint density at radius 1 is 1.30 bits per heavy atom. The van der Waals surface area contributed by atoms with Crippen LogP contribution in [-0.2, 0) is 14.3 Å². The Morgan fingerprint density at radius 3 is 2.52 bits per heavy atom. The van der Waals surface area contributed by atoms with Crippen LogP contribution in [0.1, 0.15) is 47.0 Å². The molecule has 0 aromatic heterocycles. The van der Waals surface area contributed by atoms with E-state index in [1.54, 1.807) is 6.92 Å². The second-order valence-corrected chi connectivity index (χ2v) is 6.88. The van der Waals surface area contributed by atoms with Crippen LogP contribution in [0.3, 0.4) is 0 Å². The number of carbonyl (C=O) groups excluding carboxylic acids is 3. The van der Waals surface area contributed by atoms with Crippen molar-refractivity contribution in [1.29, 1.82) is 0 Å². The summed E-state index contributed by atoms with van der Waals surface area (Å²) < 4.78 is 4.97. The predicted molar refractivity (Wildman–Crippen MR) is 86.8 cm³/mol. The van der Waals surface area contributed by atoms with Crippen LogP contribution in [0.2, 0.25) is 0 Å². The van der Waals surface area contributed by atoms with Gasteiger partial charge >= 0.3 is 6.03 Å². The van der Waals surface area contributed by atoms with Gasteiger partial charge in [0.1, 0.15) is 12.1 Å². The second kappa shape index (κ2) is 8.29. The highest BCUT2D eigenvalue weighted by atomic mass is 16.5. The van der Waals surface area contributed by atoms with Crippen molar-refractivity contribution < 1.29 is 19.1 Å². The van der Waals surface area contributed by atoms with Crippen molar-refractivity contribution in [3.63, 3.8) is 0 Å². The van der Waals surface area contributed by atoms with Crippen LogP contribution in [0.15, 0.2) is 0 Å². The number of hydrogen-bond acceptors (Lipinski definition) is 4. The van der Waals surface area contributed by atoms with E-state index in [1.807, 2.05) is 6.92 Å². The van der Waals surface area contributed by atoms with Gasteiger partial charge in [-0.05, 0) is 26.2 Å². The van der Waals surface area contributed by atoms with E-state index in [0.717, 1.165) is 24.2 Å². The average Bonchev–Trinajstić information content (AvgIpc) is 2.62. The number of methoxy groups -OCH3 is 1. The van der Waals surface area contributed by atoms with E-state index in [2.05, 4.69) is 24.5 Å². The SMILES string of the molecule is COC[C@]1(C)NC(=O)N(CC(=O)N[C@@H](C)CCCC(C)C)C1=O. The van der Waals surface area contributed by atoms with Gasteiger partial charge in [0, 0.05) is 13.2 Å². The normalized spacial score (nSPS) is 22.4. The van der Waals surface area contributed by atoms with Gasteiger partial charge in [0.15, 0.2) is 0 Å². The van der Waals surface area contributed by atoms with E-state index in [1.165, 1.54) is 7.11 Å². The summed E-state index contributed by atoms with van der Waals surface area (Å²) in [6.45, 7) is 7.65. The van der Waals surface area contributed by atoms with Crippen molar-refractivity contribution in [2.45, 2.75) is 58.5 Å². The van der Waals surface area contributed by atoms with Crippen LogP contribution >= 0.6 is 0 Å². The zero-order valence-corrected chi connectivity index (χ0v) is 14.8. The van der Waals surface area contributed by atoms with Crippen LogP contribution < -0.4 is 10.6 Å². The molecule has 23 heavy (non-hydrogen) atoms. The number of amides is 4. The van der Waals surface area contributed by atoms with E-state index in [0.29, 0.717) is 5.92 Å². The summed E-state index contributed by atoms with van der Waals surface area (Å²) in [4.78, 5) is 37.2. The predicted octanol–water partition coefficient (Wildman–Crippen LogP) is 1.27. The molecule has 1 rings (SSSR count). The number of carbonyl (C=O) groups is 3. The fourth-order valence-corrected chi connectivity index (χ4v) is 2.65. The molecule has 1 aliphatic heterocycles. The molecule has 1 fully saturated rings. The summed E-state index contributed by atoms with van der Waals surface area (Å²) in [5.74, 6) is -0.124. The van der Waals surface area contributed by atoms with Crippen molar-refractivity contribution in [2.24, 2.45) is 5.92 Å². The molecule has 0 aliphatic carbocycles. The van der Waals surface area contributed by atoms with E-state index in [4.69, 9.17) is 4.74 Å². The lowest BCUT2D eigenvalue weighted by Crippen LogP contribution is -2.48. The molecule has 0 unspecified atom stereocenters. The molecule has 0 aromatic carbocycles. The smallest absolute Gasteiger partial charge is 0.325 e. The van der Waals surface area contributed by atoms with E-state index >= 15 is 0 Å².